The second-order valence-corrected chi connectivity index (χ2v) is 3.19. The van der Waals surface area contributed by atoms with Crippen LogP contribution in [-0.2, 0) is 6.54 Å². The lowest BCUT2D eigenvalue weighted by Gasteiger charge is -2.23. The van der Waals surface area contributed by atoms with Crippen LogP contribution >= 0.6 is 0 Å². The van der Waals surface area contributed by atoms with Crippen molar-refractivity contribution < 1.29 is 0 Å². The molecule has 1 rings (SSSR count). The van der Waals surface area contributed by atoms with Crippen LogP contribution in [0.25, 0.3) is 0 Å². The zero-order chi connectivity index (χ0) is 11.1. The lowest BCUT2D eigenvalue weighted by atomic mass is 10.2. The van der Waals surface area contributed by atoms with Gasteiger partial charge in [-0.05, 0) is 6.07 Å². The largest absolute Gasteiger partial charge is 0.364 e. The average Bonchev–Trinajstić information content (AvgIpc) is 2.29. The van der Waals surface area contributed by atoms with Crippen LogP contribution in [0.4, 0.5) is 5.69 Å². The molecule has 0 fully saturated rings. The van der Waals surface area contributed by atoms with Crippen molar-refractivity contribution in [2.45, 2.75) is 6.54 Å². The second kappa shape index (κ2) is 5.98. The van der Waals surface area contributed by atoms with Crippen LogP contribution < -0.4 is 10.6 Å². The first kappa shape index (κ1) is 11.5. The van der Waals surface area contributed by atoms with E-state index in [4.69, 9.17) is 5.73 Å². The summed E-state index contributed by atoms with van der Waals surface area (Å²) in [5.74, 6) is 0. The van der Waals surface area contributed by atoms with E-state index in [1.807, 2.05) is 18.2 Å². The zero-order valence-electron chi connectivity index (χ0n) is 8.89. The summed E-state index contributed by atoms with van der Waals surface area (Å²) in [6.45, 7) is 9.54. The molecule has 1 aromatic heterocycles. The molecule has 0 bridgehead atoms. The Morgan fingerprint density at radius 2 is 2.00 bits per heavy atom. The second-order valence-electron chi connectivity index (χ2n) is 3.19. The van der Waals surface area contributed by atoms with Gasteiger partial charge in [0.05, 0.1) is 0 Å². The molecule has 3 heteroatoms. The van der Waals surface area contributed by atoms with E-state index in [0.29, 0.717) is 6.54 Å². The molecule has 0 aliphatic carbocycles. The van der Waals surface area contributed by atoms with Crippen LogP contribution in [0.2, 0.25) is 0 Å². The Morgan fingerprint density at radius 3 is 2.53 bits per heavy atom. The number of anilines is 1. The van der Waals surface area contributed by atoms with Crippen LogP contribution in [0.15, 0.2) is 43.8 Å². The van der Waals surface area contributed by atoms with Gasteiger partial charge < -0.3 is 10.6 Å². The first-order valence-electron chi connectivity index (χ1n) is 4.93. The number of hydrogen-bond donors (Lipinski definition) is 1. The van der Waals surface area contributed by atoms with E-state index in [1.54, 1.807) is 12.4 Å². The van der Waals surface area contributed by atoms with Gasteiger partial charge in [0, 0.05) is 43.3 Å². The Kier molecular flexibility index (Phi) is 4.57. The highest BCUT2D eigenvalue weighted by Crippen LogP contribution is 2.18. The predicted molar refractivity (Wildman–Crippen MR) is 64.7 cm³/mol. The number of pyridine rings is 1. The molecule has 2 N–H and O–H groups in total. The van der Waals surface area contributed by atoms with Gasteiger partial charge >= 0.3 is 0 Å². The minimum Gasteiger partial charge on any atom is -0.364 e. The molecule has 0 atom stereocenters. The van der Waals surface area contributed by atoms with Crippen molar-refractivity contribution in [3.05, 3.63) is 49.3 Å². The van der Waals surface area contributed by atoms with Gasteiger partial charge in [-0.1, -0.05) is 12.2 Å². The Labute approximate surface area is 90.9 Å². The smallest absolute Gasteiger partial charge is 0.0448 e. The van der Waals surface area contributed by atoms with Gasteiger partial charge in [0.2, 0.25) is 0 Å². The van der Waals surface area contributed by atoms with Crippen molar-refractivity contribution in [1.82, 2.24) is 4.98 Å². The van der Waals surface area contributed by atoms with Crippen LogP contribution in [0.5, 0.6) is 0 Å². The van der Waals surface area contributed by atoms with E-state index in [1.165, 1.54) is 0 Å². The van der Waals surface area contributed by atoms with Gasteiger partial charge in [-0.15, -0.1) is 13.2 Å². The lowest BCUT2D eigenvalue weighted by molar-refractivity contribution is 0.923. The maximum atomic E-state index is 5.66. The fourth-order valence-corrected chi connectivity index (χ4v) is 1.47. The number of aromatic nitrogens is 1. The minimum atomic E-state index is 0.494. The molecule has 1 aromatic rings. The Hall–Kier alpha value is -1.61. The predicted octanol–water partition coefficient (Wildman–Crippen LogP) is 1.72. The third kappa shape index (κ3) is 2.92. The molecule has 1 heterocycles. The summed E-state index contributed by atoms with van der Waals surface area (Å²) in [5, 5.41) is 0. The molecule has 0 saturated carbocycles. The van der Waals surface area contributed by atoms with Gasteiger partial charge in [0.25, 0.3) is 0 Å². The van der Waals surface area contributed by atoms with Crippen molar-refractivity contribution in [2.24, 2.45) is 5.73 Å². The van der Waals surface area contributed by atoms with Gasteiger partial charge in [-0.2, -0.15) is 0 Å². The Bertz CT molecular complexity index is 323. The standard InChI is InChI=1S/C12H17N3/c1-3-7-15(8-4-2)12-5-6-14-10-11(12)9-13/h3-6,10H,1-2,7-9,13H2. The first-order valence-corrected chi connectivity index (χ1v) is 4.93. The highest BCUT2D eigenvalue weighted by atomic mass is 15.1. The number of nitrogens with zero attached hydrogens (tertiary/aromatic N) is 2. The monoisotopic (exact) mass is 203 g/mol. The fourth-order valence-electron chi connectivity index (χ4n) is 1.47. The maximum absolute atomic E-state index is 5.66. The molecule has 15 heavy (non-hydrogen) atoms. The van der Waals surface area contributed by atoms with E-state index >= 15 is 0 Å². The summed E-state index contributed by atoms with van der Waals surface area (Å²) in [5.41, 5.74) is 7.81. The normalized spacial score (nSPS) is 9.67. The van der Waals surface area contributed by atoms with Crippen molar-refractivity contribution in [3.8, 4) is 0 Å². The molecule has 0 amide bonds. The van der Waals surface area contributed by atoms with Crippen LogP contribution in [0.1, 0.15) is 5.56 Å². The number of nitrogens with two attached hydrogens (primary N) is 1. The SMILES string of the molecule is C=CCN(CC=C)c1ccncc1CN. The molecular formula is C12H17N3. The molecule has 0 saturated heterocycles. The molecule has 0 radical (unpaired) electrons. The number of rotatable bonds is 6. The minimum absolute atomic E-state index is 0.494. The van der Waals surface area contributed by atoms with E-state index in [2.05, 4.69) is 23.0 Å². The van der Waals surface area contributed by atoms with Gasteiger partial charge in [0.15, 0.2) is 0 Å². The summed E-state index contributed by atoms with van der Waals surface area (Å²) in [7, 11) is 0. The summed E-state index contributed by atoms with van der Waals surface area (Å²) >= 11 is 0. The lowest BCUT2D eigenvalue weighted by Crippen LogP contribution is -2.24. The number of hydrogen-bond acceptors (Lipinski definition) is 3. The fraction of sp³-hybridized carbons (Fsp3) is 0.250. The van der Waals surface area contributed by atoms with E-state index in [-0.39, 0.29) is 0 Å². The molecule has 80 valence electrons. The maximum Gasteiger partial charge on any atom is 0.0448 e. The van der Waals surface area contributed by atoms with E-state index < -0.39 is 0 Å². The molecule has 0 aliphatic heterocycles. The Balaban J connectivity index is 2.97. The van der Waals surface area contributed by atoms with Gasteiger partial charge in [-0.3, -0.25) is 4.98 Å². The molecular weight excluding hydrogens is 186 g/mol. The topological polar surface area (TPSA) is 42.2 Å². The van der Waals surface area contributed by atoms with Gasteiger partial charge in [0.1, 0.15) is 0 Å². The molecule has 3 nitrogen and oxygen atoms in total. The Morgan fingerprint density at radius 1 is 1.33 bits per heavy atom. The quantitative estimate of drug-likeness (QED) is 0.716. The highest BCUT2D eigenvalue weighted by molar-refractivity contribution is 5.53. The highest BCUT2D eigenvalue weighted by Gasteiger charge is 2.07. The van der Waals surface area contributed by atoms with Crippen molar-refractivity contribution in [3.63, 3.8) is 0 Å². The van der Waals surface area contributed by atoms with Crippen molar-refractivity contribution >= 4 is 5.69 Å². The van der Waals surface area contributed by atoms with Crippen LogP contribution in [0.3, 0.4) is 0 Å². The van der Waals surface area contributed by atoms with Crippen LogP contribution in [-0.4, -0.2) is 18.1 Å². The third-order valence-electron chi connectivity index (χ3n) is 2.14. The molecule has 0 spiro atoms. The zero-order valence-corrected chi connectivity index (χ0v) is 8.89. The van der Waals surface area contributed by atoms with E-state index in [9.17, 15) is 0 Å². The molecule has 0 unspecified atom stereocenters. The summed E-state index contributed by atoms with van der Waals surface area (Å²) < 4.78 is 0. The van der Waals surface area contributed by atoms with Crippen molar-refractivity contribution in [1.29, 1.82) is 0 Å². The summed E-state index contributed by atoms with van der Waals surface area (Å²) in [6, 6.07) is 1.97. The molecule has 0 aliphatic rings. The van der Waals surface area contributed by atoms with Gasteiger partial charge in [-0.25, -0.2) is 0 Å². The first-order chi connectivity index (χ1) is 7.33. The average molecular weight is 203 g/mol. The van der Waals surface area contributed by atoms with Crippen molar-refractivity contribution in [2.75, 3.05) is 18.0 Å². The molecule has 0 aromatic carbocycles. The van der Waals surface area contributed by atoms with Crippen LogP contribution in [0, 0.1) is 0 Å². The third-order valence-corrected chi connectivity index (χ3v) is 2.14. The summed E-state index contributed by atoms with van der Waals surface area (Å²) in [6.07, 6.45) is 7.30. The summed E-state index contributed by atoms with van der Waals surface area (Å²) in [4.78, 5) is 6.22. The van der Waals surface area contributed by atoms with E-state index in [0.717, 1.165) is 24.3 Å².